The lowest BCUT2D eigenvalue weighted by molar-refractivity contribution is -0.141. The Labute approximate surface area is 226 Å². The van der Waals surface area contributed by atoms with E-state index in [0.29, 0.717) is 35.9 Å². The first-order valence-electron chi connectivity index (χ1n) is 13.2. The SMILES string of the molecule is CC[C@H](C(=O)NC1CCCCC1)N(Cc1ccc(Cl)c(Cl)c1)C(=O)CCc1ccc(C(C)(C)C)cc1. The summed E-state index contributed by atoms with van der Waals surface area (Å²) in [6.07, 6.45) is 7.03. The summed E-state index contributed by atoms with van der Waals surface area (Å²) in [6.45, 7) is 8.85. The van der Waals surface area contributed by atoms with Gasteiger partial charge in [-0.3, -0.25) is 9.59 Å². The number of carbonyl (C=O) groups is 2. The second kappa shape index (κ2) is 13.0. The summed E-state index contributed by atoms with van der Waals surface area (Å²) < 4.78 is 0. The quantitative estimate of drug-likeness (QED) is 0.365. The minimum Gasteiger partial charge on any atom is -0.352 e. The second-order valence-corrected chi connectivity index (χ2v) is 11.8. The molecule has 6 heteroatoms. The Kier molecular flexibility index (Phi) is 10.3. The van der Waals surface area contributed by atoms with Crippen LogP contribution in [-0.2, 0) is 28.0 Å². The van der Waals surface area contributed by atoms with Gasteiger partial charge in [0.05, 0.1) is 10.0 Å². The largest absolute Gasteiger partial charge is 0.352 e. The molecular formula is C30H40Cl2N2O2. The number of halogens is 2. The molecule has 1 saturated carbocycles. The molecule has 2 aromatic rings. The van der Waals surface area contributed by atoms with E-state index in [-0.39, 0.29) is 23.3 Å². The van der Waals surface area contributed by atoms with E-state index >= 15 is 0 Å². The number of benzene rings is 2. The smallest absolute Gasteiger partial charge is 0.243 e. The van der Waals surface area contributed by atoms with Crippen LogP contribution in [0.15, 0.2) is 42.5 Å². The fraction of sp³-hybridized carbons (Fsp3) is 0.533. The van der Waals surface area contributed by atoms with Crippen molar-refractivity contribution in [3.63, 3.8) is 0 Å². The van der Waals surface area contributed by atoms with Gasteiger partial charge < -0.3 is 10.2 Å². The summed E-state index contributed by atoms with van der Waals surface area (Å²) in [5.41, 5.74) is 3.33. The molecule has 0 spiro atoms. The van der Waals surface area contributed by atoms with Gasteiger partial charge in [0.25, 0.3) is 0 Å². The number of rotatable bonds is 9. The first-order chi connectivity index (χ1) is 17.1. The van der Waals surface area contributed by atoms with E-state index in [4.69, 9.17) is 23.2 Å². The number of amides is 2. The van der Waals surface area contributed by atoms with Crippen LogP contribution in [-0.4, -0.2) is 28.8 Å². The Bertz CT molecular complexity index is 1020. The van der Waals surface area contributed by atoms with Gasteiger partial charge in [0.2, 0.25) is 11.8 Å². The third-order valence-electron chi connectivity index (χ3n) is 7.12. The van der Waals surface area contributed by atoms with E-state index in [1.54, 1.807) is 17.0 Å². The van der Waals surface area contributed by atoms with Crippen molar-refractivity contribution in [3.05, 3.63) is 69.2 Å². The highest BCUT2D eigenvalue weighted by Gasteiger charge is 2.30. The summed E-state index contributed by atoms with van der Waals surface area (Å²) >= 11 is 12.4. The van der Waals surface area contributed by atoms with Crippen molar-refractivity contribution in [3.8, 4) is 0 Å². The summed E-state index contributed by atoms with van der Waals surface area (Å²) in [7, 11) is 0. The molecule has 1 aliphatic rings. The Morgan fingerprint density at radius 3 is 2.19 bits per heavy atom. The van der Waals surface area contributed by atoms with Crippen LogP contribution < -0.4 is 5.32 Å². The van der Waals surface area contributed by atoms with E-state index in [0.717, 1.165) is 36.8 Å². The van der Waals surface area contributed by atoms with E-state index in [2.05, 4.69) is 50.4 Å². The lowest BCUT2D eigenvalue weighted by Gasteiger charge is -2.33. The molecule has 0 saturated heterocycles. The molecule has 0 radical (unpaired) electrons. The standard InChI is InChI=1S/C30H40Cl2N2O2/c1-5-27(29(36)33-24-9-7-6-8-10-24)34(20-22-13-17-25(31)26(32)19-22)28(35)18-14-21-11-15-23(16-12-21)30(2,3)4/h11-13,15-17,19,24,27H,5-10,14,18,20H2,1-4H3,(H,33,36)/t27-/m1/s1. The highest BCUT2D eigenvalue weighted by Crippen LogP contribution is 2.26. The maximum atomic E-state index is 13.6. The molecule has 2 amide bonds. The number of nitrogens with one attached hydrogen (secondary N) is 1. The number of hydrogen-bond acceptors (Lipinski definition) is 2. The van der Waals surface area contributed by atoms with Gasteiger partial charge in [-0.2, -0.15) is 0 Å². The van der Waals surface area contributed by atoms with Crippen molar-refractivity contribution < 1.29 is 9.59 Å². The van der Waals surface area contributed by atoms with Crippen LogP contribution in [0.1, 0.15) is 89.3 Å². The number of aryl methyl sites for hydroxylation is 1. The summed E-state index contributed by atoms with van der Waals surface area (Å²) in [5.74, 6) is -0.0982. The van der Waals surface area contributed by atoms with Crippen molar-refractivity contribution in [1.82, 2.24) is 10.2 Å². The minimum absolute atomic E-state index is 0.0355. The zero-order valence-corrected chi connectivity index (χ0v) is 23.6. The minimum atomic E-state index is -0.530. The molecule has 0 unspecified atom stereocenters. The third kappa shape index (κ3) is 7.98. The molecule has 196 valence electrons. The van der Waals surface area contributed by atoms with Crippen molar-refractivity contribution >= 4 is 35.0 Å². The molecule has 1 atom stereocenters. The molecule has 4 nitrogen and oxygen atoms in total. The molecule has 1 N–H and O–H groups in total. The Hall–Kier alpha value is -2.04. The Balaban J connectivity index is 1.76. The molecule has 0 aromatic heterocycles. The van der Waals surface area contributed by atoms with Gasteiger partial charge in [-0.25, -0.2) is 0 Å². The maximum absolute atomic E-state index is 13.6. The van der Waals surface area contributed by atoms with Crippen LogP contribution in [0.3, 0.4) is 0 Å². The maximum Gasteiger partial charge on any atom is 0.243 e. The fourth-order valence-corrected chi connectivity index (χ4v) is 5.19. The third-order valence-corrected chi connectivity index (χ3v) is 7.86. The van der Waals surface area contributed by atoms with Crippen LogP contribution in [0.2, 0.25) is 10.0 Å². The van der Waals surface area contributed by atoms with E-state index < -0.39 is 6.04 Å². The van der Waals surface area contributed by atoms with Crippen LogP contribution in [0.4, 0.5) is 0 Å². The molecule has 1 fully saturated rings. The predicted molar refractivity (Wildman–Crippen MR) is 150 cm³/mol. The zero-order chi connectivity index (χ0) is 26.3. The van der Waals surface area contributed by atoms with Crippen molar-refractivity contribution in [1.29, 1.82) is 0 Å². The van der Waals surface area contributed by atoms with Crippen molar-refractivity contribution in [2.75, 3.05) is 0 Å². The average molecular weight is 532 g/mol. The molecule has 1 aliphatic carbocycles. The lowest BCUT2D eigenvalue weighted by Crippen LogP contribution is -2.51. The molecule has 0 bridgehead atoms. The monoisotopic (exact) mass is 530 g/mol. The first kappa shape index (κ1) is 28.5. The zero-order valence-electron chi connectivity index (χ0n) is 22.1. The molecule has 36 heavy (non-hydrogen) atoms. The highest BCUT2D eigenvalue weighted by atomic mass is 35.5. The first-order valence-corrected chi connectivity index (χ1v) is 14.0. The summed E-state index contributed by atoms with van der Waals surface area (Å²) in [4.78, 5) is 28.7. The van der Waals surface area contributed by atoms with Crippen LogP contribution >= 0.6 is 23.2 Å². The van der Waals surface area contributed by atoms with Gasteiger partial charge in [0.1, 0.15) is 6.04 Å². The molecule has 0 aliphatic heterocycles. The number of carbonyl (C=O) groups excluding carboxylic acids is 2. The van der Waals surface area contributed by atoms with Gasteiger partial charge >= 0.3 is 0 Å². The normalized spacial score (nSPS) is 15.4. The van der Waals surface area contributed by atoms with Crippen LogP contribution in [0.25, 0.3) is 0 Å². The van der Waals surface area contributed by atoms with E-state index in [9.17, 15) is 9.59 Å². The molecular weight excluding hydrogens is 491 g/mol. The highest BCUT2D eigenvalue weighted by molar-refractivity contribution is 6.42. The van der Waals surface area contributed by atoms with Crippen LogP contribution in [0, 0.1) is 0 Å². The average Bonchev–Trinajstić information content (AvgIpc) is 2.85. The van der Waals surface area contributed by atoms with Gasteiger partial charge in [-0.1, -0.05) is 100 Å². The van der Waals surface area contributed by atoms with Gasteiger partial charge in [0, 0.05) is 19.0 Å². The van der Waals surface area contributed by atoms with Crippen molar-refractivity contribution in [2.24, 2.45) is 0 Å². The second-order valence-electron chi connectivity index (χ2n) is 11.0. The fourth-order valence-electron chi connectivity index (χ4n) is 4.86. The lowest BCUT2D eigenvalue weighted by atomic mass is 9.86. The predicted octanol–water partition coefficient (Wildman–Crippen LogP) is 7.48. The summed E-state index contributed by atoms with van der Waals surface area (Å²) in [5, 5.41) is 4.14. The number of nitrogens with zero attached hydrogens (tertiary/aromatic N) is 1. The molecule has 3 rings (SSSR count). The van der Waals surface area contributed by atoms with E-state index in [1.165, 1.54) is 12.0 Å². The summed E-state index contributed by atoms with van der Waals surface area (Å²) in [6, 6.07) is 13.5. The molecule has 0 heterocycles. The van der Waals surface area contributed by atoms with Gasteiger partial charge in [0.15, 0.2) is 0 Å². The molecule has 2 aromatic carbocycles. The van der Waals surface area contributed by atoms with Gasteiger partial charge in [-0.05, 0) is 59.9 Å². The topological polar surface area (TPSA) is 49.4 Å². The van der Waals surface area contributed by atoms with Crippen molar-refractivity contribution in [2.45, 2.75) is 103 Å². The van der Waals surface area contributed by atoms with Gasteiger partial charge in [-0.15, -0.1) is 0 Å². The Morgan fingerprint density at radius 1 is 0.972 bits per heavy atom. The van der Waals surface area contributed by atoms with Crippen LogP contribution in [0.5, 0.6) is 0 Å². The Morgan fingerprint density at radius 2 is 1.61 bits per heavy atom. The number of hydrogen-bond donors (Lipinski definition) is 1. The van der Waals surface area contributed by atoms with E-state index in [1.807, 2.05) is 13.0 Å².